The second kappa shape index (κ2) is 16.9. The quantitative estimate of drug-likeness (QED) is 0.118. The molecule has 0 heterocycles. The van der Waals surface area contributed by atoms with Crippen molar-refractivity contribution < 1.29 is 0 Å². The van der Waals surface area contributed by atoms with E-state index in [1.54, 1.807) is 0 Å². The molecule has 1 aliphatic carbocycles. The Balaban J connectivity index is 0.948. The first-order valence-electron chi connectivity index (χ1n) is 22.0. The van der Waals surface area contributed by atoms with Crippen molar-refractivity contribution in [1.29, 1.82) is 0 Å². The zero-order valence-electron chi connectivity index (χ0n) is 35.4. The highest BCUT2D eigenvalue weighted by Gasteiger charge is 2.41. The minimum absolute atomic E-state index is 0.0686. The zero-order valence-corrected chi connectivity index (χ0v) is 35.4. The molecule has 0 saturated heterocycles. The lowest BCUT2D eigenvalue weighted by Gasteiger charge is -2.32. The molecule has 0 N–H and O–H groups in total. The lowest BCUT2D eigenvalue weighted by atomic mass is 9.73. The van der Waals surface area contributed by atoms with Crippen molar-refractivity contribution in [3.05, 3.63) is 247 Å². The molecule has 0 bridgehead atoms. The van der Waals surface area contributed by atoms with E-state index in [0.717, 1.165) is 24.2 Å². The van der Waals surface area contributed by atoms with Gasteiger partial charge >= 0.3 is 0 Å². The lowest BCUT2D eigenvalue weighted by Crippen LogP contribution is -2.23. The first-order valence-corrected chi connectivity index (χ1v) is 22.0. The minimum Gasteiger partial charge on any atom is -0.310 e. The maximum absolute atomic E-state index is 2.46. The van der Waals surface area contributed by atoms with Gasteiger partial charge in [-0.05, 0) is 133 Å². The maximum atomic E-state index is 2.46. The first-order chi connectivity index (χ1) is 30.6. The molecule has 9 aromatic carbocycles. The summed E-state index contributed by atoms with van der Waals surface area (Å²) < 4.78 is 0. The van der Waals surface area contributed by atoms with Gasteiger partial charge in [0.1, 0.15) is 0 Å². The summed E-state index contributed by atoms with van der Waals surface area (Å²) in [5.74, 6) is 0. The van der Waals surface area contributed by atoms with Crippen molar-refractivity contribution in [3.8, 4) is 55.6 Å². The standard InChI is InChI=1S/C61H49N/c1-3-61(4-2)59-41-45(29-38-56(59)57-40-37-54(43-60(57)61)62(52-21-13-7-14-22-52)53-23-15-8-16-24-53)26-25-44-27-30-49(31-28-44)55-39-36-51(47-19-11-6-12-20-47)42-58(55)50-34-32-48(33-35-50)46-17-9-5-10-18-46/h5-43H,3-4H2,1-2H3. The normalized spacial score (nSPS) is 12.5. The number of benzene rings is 9. The Kier molecular flexibility index (Phi) is 10.5. The van der Waals surface area contributed by atoms with Crippen LogP contribution in [0.15, 0.2) is 224 Å². The third-order valence-electron chi connectivity index (χ3n) is 13.0. The number of hydrogen-bond acceptors (Lipinski definition) is 1. The third kappa shape index (κ3) is 7.27. The summed E-state index contributed by atoms with van der Waals surface area (Å²) >= 11 is 0. The Morgan fingerprint density at radius 2 is 0.742 bits per heavy atom. The minimum atomic E-state index is -0.0686. The van der Waals surface area contributed by atoms with E-state index < -0.39 is 0 Å². The molecule has 1 nitrogen and oxygen atoms in total. The van der Waals surface area contributed by atoms with Gasteiger partial charge in [-0.2, -0.15) is 0 Å². The number of hydrogen-bond donors (Lipinski definition) is 0. The molecule has 62 heavy (non-hydrogen) atoms. The second-order valence-electron chi connectivity index (χ2n) is 16.4. The van der Waals surface area contributed by atoms with Crippen LogP contribution in [-0.4, -0.2) is 0 Å². The van der Waals surface area contributed by atoms with E-state index in [4.69, 9.17) is 0 Å². The van der Waals surface area contributed by atoms with Crippen LogP contribution in [0.3, 0.4) is 0 Å². The van der Waals surface area contributed by atoms with E-state index in [2.05, 4.69) is 255 Å². The van der Waals surface area contributed by atoms with Gasteiger partial charge in [-0.3, -0.25) is 0 Å². The van der Waals surface area contributed by atoms with Crippen molar-refractivity contribution in [3.63, 3.8) is 0 Å². The van der Waals surface area contributed by atoms with Gasteiger partial charge in [0.2, 0.25) is 0 Å². The van der Waals surface area contributed by atoms with Crippen molar-refractivity contribution >= 4 is 29.2 Å². The summed E-state index contributed by atoms with van der Waals surface area (Å²) in [6, 6.07) is 81.8. The molecule has 0 fully saturated rings. The number of rotatable bonds is 11. The molecule has 0 aliphatic heterocycles. The molecule has 298 valence electrons. The van der Waals surface area contributed by atoms with Crippen LogP contribution in [0.2, 0.25) is 0 Å². The van der Waals surface area contributed by atoms with Crippen LogP contribution < -0.4 is 4.90 Å². The molecule has 0 amide bonds. The fourth-order valence-electron chi connectivity index (χ4n) is 9.64. The van der Waals surface area contributed by atoms with Gasteiger partial charge in [-0.25, -0.2) is 0 Å². The summed E-state index contributed by atoms with van der Waals surface area (Å²) in [5, 5.41) is 0. The fourth-order valence-corrected chi connectivity index (χ4v) is 9.64. The van der Waals surface area contributed by atoms with Crippen molar-refractivity contribution in [2.24, 2.45) is 0 Å². The van der Waals surface area contributed by atoms with E-state index in [9.17, 15) is 0 Å². The third-order valence-corrected chi connectivity index (χ3v) is 13.0. The summed E-state index contributed by atoms with van der Waals surface area (Å²) in [6.07, 6.45) is 6.60. The smallest absolute Gasteiger partial charge is 0.0465 e. The molecular weight excluding hydrogens is 747 g/mol. The van der Waals surface area contributed by atoms with E-state index in [1.807, 2.05) is 0 Å². The summed E-state index contributed by atoms with van der Waals surface area (Å²) in [5.41, 5.74) is 21.1. The molecule has 1 aliphatic rings. The van der Waals surface area contributed by atoms with Crippen molar-refractivity contribution in [1.82, 2.24) is 0 Å². The highest BCUT2D eigenvalue weighted by atomic mass is 15.1. The molecule has 0 radical (unpaired) electrons. The fraction of sp³-hybridized carbons (Fsp3) is 0.0820. The van der Waals surface area contributed by atoms with Gasteiger partial charge in [-0.15, -0.1) is 0 Å². The van der Waals surface area contributed by atoms with E-state index >= 15 is 0 Å². The summed E-state index contributed by atoms with van der Waals surface area (Å²) in [6.45, 7) is 4.71. The van der Waals surface area contributed by atoms with Crippen molar-refractivity contribution in [2.45, 2.75) is 32.1 Å². The Hall–Kier alpha value is -7.48. The zero-order chi connectivity index (χ0) is 41.9. The highest BCUT2D eigenvalue weighted by Crippen LogP contribution is 2.54. The summed E-state index contributed by atoms with van der Waals surface area (Å²) in [4.78, 5) is 2.38. The molecule has 0 saturated carbocycles. The largest absolute Gasteiger partial charge is 0.310 e. The van der Waals surface area contributed by atoms with Crippen LogP contribution in [0.25, 0.3) is 67.8 Å². The van der Waals surface area contributed by atoms with Crippen LogP contribution in [0.4, 0.5) is 17.1 Å². The Morgan fingerprint density at radius 3 is 1.34 bits per heavy atom. The lowest BCUT2D eigenvalue weighted by molar-refractivity contribution is 0.490. The van der Waals surface area contributed by atoms with Gasteiger partial charge in [0.05, 0.1) is 0 Å². The van der Waals surface area contributed by atoms with Crippen molar-refractivity contribution in [2.75, 3.05) is 4.90 Å². The van der Waals surface area contributed by atoms with E-state index in [1.165, 1.54) is 83.6 Å². The van der Waals surface area contributed by atoms with Gasteiger partial charge in [0.15, 0.2) is 0 Å². The van der Waals surface area contributed by atoms with Crippen LogP contribution in [-0.2, 0) is 5.41 Å². The Morgan fingerprint density at radius 1 is 0.323 bits per heavy atom. The average Bonchev–Trinajstić information content (AvgIpc) is 3.63. The molecular formula is C61H49N. The predicted molar refractivity (Wildman–Crippen MR) is 265 cm³/mol. The second-order valence-corrected chi connectivity index (χ2v) is 16.4. The maximum Gasteiger partial charge on any atom is 0.0465 e. The van der Waals surface area contributed by atoms with Gasteiger partial charge in [0.25, 0.3) is 0 Å². The summed E-state index contributed by atoms with van der Waals surface area (Å²) in [7, 11) is 0. The monoisotopic (exact) mass is 795 g/mol. The molecule has 1 heteroatoms. The number of nitrogens with zero attached hydrogens (tertiary/aromatic N) is 1. The molecule has 10 rings (SSSR count). The van der Waals surface area contributed by atoms with Crippen LogP contribution >= 0.6 is 0 Å². The predicted octanol–water partition coefficient (Wildman–Crippen LogP) is 17.1. The van der Waals surface area contributed by atoms with Crippen LogP contribution in [0.5, 0.6) is 0 Å². The number of para-hydroxylation sites is 2. The first kappa shape index (κ1) is 38.7. The highest BCUT2D eigenvalue weighted by molar-refractivity contribution is 5.90. The molecule has 0 atom stereocenters. The van der Waals surface area contributed by atoms with E-state index in [0.29, 0.717) is 0 Å². The Bertz CT molecular complexity index is 2940. The van der Waals surface area contributed by atoms with Gasteiger partial charge in [0, 0.05) is 22.5 Å². The van der Waals surface area contributed by atoms with Gasteiger partial charge < -0.3 is 4.90 Å². The molecule has 9 aromatic rings. The molecule has 0 spiro atoms. The molecule has 0 aromatic heterocycles. The van der Waals surface area contributed by atoms with Crippen LogP contribution in [0.1, 0.15) is 48.9 Å². The van der Waals surface area contributed by atoms with E-state index in [-0.39, 0.29) is 5.41 Å². The van der Waals surface area contributed by atoms with Gasteiger partial charge in [-0.1, -0.05) is 208 Å². The average molecular weight is 796 g/mol. The van der Waals surface area contributed by atoms with Crippen LogP contribution in [0, 0.1) is 0 Å². The SMILES string of the molecule is CCC1(CC)c2cc(C=Cc3ccc(-c4ccc(-c5ccccc5)cc4-c4ccc(-c5ccccc5)cc4)cc3)ccc2-c2ccc(N(c3ccccc3)c3ccccc3)cc21. The molecule has 0 unspecified atom stereocenters. The topological polar surface area (TPSA) is 3.24 Å². The number of anilines is 3. The number of fused-ring (bicyclic) bond motifs is 3. The Labute approximate surface area is 367 Å².